The number of fused-ring (bicyclic) bond motifs is 7. The molecule has 1 saturated heterocycles. The molecule has 7 nitrogen and oxygen atoms in total. The number of benzene rings is 2. The first-order chi connectivity index (χ1) is 21.5. The zero-order valence-electron chi connectivity index (χ0n) is 25.5. The van der Waals surface area contributed by atoms with Crippen LogP contribution >= 0.6 is 0 Å². The van der Waals surface area contributed by atoms with Crippen molar-refractivity contribution in [3.8, 4) is 5.75 Å². The van der Waals surface area contributed by atoms with E-state index < -0.39 is 64.4 Å². The zero-order chi connectivity index (χ0) is 31.8. The van der Waals surface area contributed by atoms with Gasteiger partial charge in [-0.2, -0.15) is 5.06 Å². The van der Waals surface area contributed by atoms with E-state index in [0.717, 1.165) is 16.9 Å². The number of nitrogens with zero attached hydrogens (tertiary/aromatic N) is 1. The van der Waals surface area contributed by atoms with E-state index in [1.807, 2.05) is 61.5 Å². The van der Waals surface area contributed by atoms with Gasteiger partial charge in [-0.3, -0.25) is 14.4 Å². The third-order valence-electron chi connectivity index (χ3n) is 11.8. The summed E-state index contributed by atoms with van der Waals surface area (Å²) in [6, 6.07) is 17.5. The van der Waals surface area contributed by atoms with Crippen LogP contribution in [0.4, 0.5) is 8.78 Å². The number of allylic oxidation sites excluding steroid dienone is 4. The second-order valence-corrected chi connectivity index (χ2v) is 13.9. The molecule has 0 radical (unpaired) electrons. The first-order valence-electron chi connectivity index (χ1n) is 15.8. The largest absolute Gasteiger partial charge is 0.489 e. The predicted octanol–water partition coefficient (Wildman–Crippen LogP) is 4.86. The number of halogens is 2. The zero-order valence-corrected chi connectivity index (χ0v) is 25.5. The molecular formula is C36H39F2NO6. The van der Waals surface area contributed by atoms with Gasteiger partial charge in [0.05, 0.1) is 6.10 Å². The van der Waals surface area contributed by atoms with Crippen molar-refractivity contribution in [2.75, 3.05) is 13.2 Å². The summed E-state index contributed by atoms with van der Waals surface area (Å²) in [4.78, 5) is 32.4. The van der Waals surface area contributed by atoms with Crippen molar-refractivity contribution in [3.63, 3.8) is 0 Å². The summed E-state index contributed by atoms with van der Waals surface area (Å²) in [5, 5.41) is 23.6. The van der Waals surface area contributed by atoms with E-state index in [2.05, 4.69) is 0 Å². The topological polar surface area (TPSA) is 96.3 Å². The van der Waals surface area contributed by atoms with E-state index >= 15 is 8.78 Å². The molecule has 45 heavy (non-hydrogen) atoms. The normalized spacial score (nSPS) is 40.3. The standard InChI is InChI=1S/C36H39F2NO6/c1-33-13-12-25(41)15-29(33)30(37)16-28-27-14-24-19-39(18-22-8-10-26(11-9-22)44-21-23-6-4-3-5-7-23)45-36(24,32(43)20-40)34(27,2)17-31(42)35(28,33)38/h3-13,15,24,27-28,30-31,40,42H,14,16-21H2,1-2H3/t24-,27-,28-,30-,31-,33-,34-,35-,36-/m0/s1. The van der Waals surface area contributed by atoms with Crippen molar-refractivity contribution >= 4 is 11.6 Å². The molecule has 0 bridgehead atoms. The van der Waals surface area contributed by atoms with Crippen molar-refractivity contribution in [2.24, 2.45) is 28.6 Å². The number of carbonyl (C=O) groups excluding carboxylic acids is 2. The van der Waals surface area contributed by atoms with E-state index in [1.54, 1.807) is 12.0 Å². The van der Waals surface area contributed by atoms with Gasteiger partial charge in [0.2, 0.25) is 0 Å². The highest BCUT2D eigenvalue weighted by molar-refractivity contribution is 6.01. The Morgan fingerprint density at radius 2 is 1.80 bits per heavy atom. The summed E-state index contributed by atoms with van der Waals surface area (Å²) in [5.41, 5.74) is -4.24. The number of hydroxylamine groups is 2. The lowest BCUT2D eigenvalue weighted by atomic mass is 9.44. The number of ketones is 2. The summed E-state index contributed by atoms with van der Waals surface area (Å²) in [6.45, 7) is 3.81. The molecule has 0 unspecified atom stereocenters. The van der Waals surface area contributed by atoms with Crippen LogP contribution in [0.3, 0.4) is 0 Å². The van der Waals surface area contributed by atoms with Gasteiger partial charge < -0.3 is 14.9 Å². The minimum absolute atomic E-state index is 0.0645. The van der Waals surface area contributed by atoms with Crippen LogP contribution in [-0.4, -0.2) is 63.5 Å². The Kier molecular flexibility index (Phi) is 7.20. The summed E-state index contributed by atoms with van der Waals surface area (Å²) in [6.07, 6.45) is 0.814. The lowest BCUT2D eigenvalue weighted by molar-refractivity contribution is -0.269. The molecule has 4 fully saturated rings. The third-order valence-corrected chi connectivity index (χ3v) is 11.8. The van der Waals surface area contributed by atoms with Crippen molar-refractivity contribution in [2.45, 2.75) is 69.8 Å². The number of hydrogen-bond acceptors (Lipinski definition) is 7. The van der Waals surface area contributed by atoms with E-state index in [0.29, 0.717) is 26.1 Å². The first-order valence-corrected chi connectivity index (χ1v) is 15.8. The monoisotopic (exact) mass is 619 g/mol. The summed E-state index contributed by atoms with van der Waals surface area (Å²) < 4.78 is 39.3. The number of aliphatic hydroxyl groups excluding tert-OH is 2. The van der Waals surface area contributed by atoms with E-state index in [1.165, 1.54) is 18.2 Å². The number of rotatable bonds is 7. The molecule has 1 aliphatic heterocycles. The van der Waals surface area contributed by atoms with Gasteiger partial charge in [0, 0.05) is 35.8 Å². The van der Waals surface area contributed by atoms with Gasteiger partial charge in [-0.1, -0.05) is 55.5 Å². The number of aliphatic hydroxyl groups is 2. The van der Waals surface area contributed by atoms with Gasteiger partial charge in [-0.25, -0.2) is 8.78 Å². The molecule has 1 heterocycles. The van der Waals surface area contributed by atoms with Crippen molar-refractivity contribution in [3.05, 3.63) is 89.5 Å². The van der Waals surface area contributed by atoms with Crippen LogP contribution in [-0.2, 0) is 27.6 Å². The van der Waals surface area contributed by atoms with Crippen LogP contribution in [0.25, 0.3) is 0 Å². The Morgan fingerprint density at radius 3 is 2.51 bits per heavy atom. The van der Waals surface area contributed by atoms with Gasteiger partial charge in [0.15, 0.2) is 22.8 Å². The van der Waals surface area contributed by atoms with Gasteiger partial charge in [-0.05, 0) is 73.1 Å². The Hall–Kier alpha value is -3.24. The Bertz CT molecular complexity index is 1560. The Morgan fingerprint density at radius 1 is 1.07 bits per heavy atom. The van der Waals surface area contributed by atoms with Gasteiger partial charge in [-0.15, -0.1) is 0 Å². The number of ether oxygens (including phenoxy) is 1. The highest BCUT2D eigenvalue weighted by atomic mass is 19.1. The van der Waals surface area contributed by atoms with Crippen LogP contribution in [0, 0.1) is 28.6 Å². The van der Waals surface area contributed by atoms with Crippen LogP contribution in [0.2, 0.25) is 0 Å². The second kappa shape index (κ2) is 10.7. The number of Topliss-reactive ketones (excluding diaryl/α,β-unsaturated/α-hetero) is 1. The number of carbonyl (C=O) groups is 2. The average Bonchev–Trinajstić information content (AvgIpc) is 3.51. The minimum atomic E-state index is -2.24. The van der Waals surface area contributed by atoms with Crippen LogP contribution in [0.1, 0.15) is 44.2 Å². The molecular weight excluding hydrogens is 580 g/mol. The molecule has 0 aromatic heterocycles. The molecule has 238 valence electrons. The highest BCUT2D eigenvalue weighted by Gasteiger charge is 2.79. The number of hydrogen-bond donors (Lipinski definition) is 2. The van der Waals surface area contributed by atoms with Gasteiger partial charge in [0.25, 0.3) is 0 Å². The fourth-order valence-corrected chi connectivity index (χ4v) is 9.67. The fourth-order valence-electron chi connectivity index (χ4n) is 9.67. The maximum Gasteiger partial charge on any atom is 0.192 e. The van der Waals surface area contributed by atoms with E-state index in [-0.39, 0.29) is 24.3 Å². The lowest BCUT2D eigenvalue weighted by Gasteiger charge is -2.63. The quantitative estimate of drug-likeness (QED) is 0.457. The summed E-state index contributed by atoms with van der Waals surface area (Å²) in [5.74, 6) is -1.98. The Balaban J connectivity index is 1.14. The van der Waals surface area contributed by atoms with Gasteiger partial charge in [0.1, 0.15) is 25.1 Å². The number of alkyl halides is 2. The predicted molar refractivity (Wildman–Crippen MR) is 161 cm³/mol. The maximum atomic E-state index is 17.6. The molecule has 7 rings (SSSR count). The van der Waals surface area contributed by atoms with Crippen molar-refractivity contribution in [1.29, 1.82) is 0 Å². The smallest absolute Gasteiger partial charge is 0.192 e. The van der Waals surface area contributed by atoms with Gasteiger partial charge >= 0.3 is 0 Å². The highest BCUT2D eigenvalue weighted by Crippen LogP contribution is 2.72. The average molecular weight is 620 g/mol. The summed E-state index contributed by atoms with van der Waals surface area (Å²) >= 11 is 0. The molecule has 4 aliphatic carbocycles. The fraction of sp³-hybridized carbons (Fsp3) is 0.500. The lowest BCUT2D eigenvalue weighted by Crippen LogP contribution is -2.70. The third kappa shape index (κ3) is 4.27. The molecule has 0 spiro atoms. The maximum absolute atomic E-state index is 17.6. The molecule has 3 saturated carbocycles. The summed E-state index contributed by atoms with van der Waals surface area (Å²) in [7, 11) is 0. The minimum Gasteiger partial charge on any atom is -0.489 e. The second-order valence-electron chi connectivity index (χ2n) is 13.9. The van der Waals surface area contributed by atoms with Crippen LogP contribution < -0.4 is 4.74 Å². The van der Waals surface area contributed by atoms with E-state index in [4.69, 9.17) is 9.57 Å². The molecule has 2 N–H and O–H groups in total. The van der Waals surface area contributed by atoms with Crippen LogP contribution in [0.5, 0.6) is 5.75 Å². The Labute approximate surface area is 261 Å². The molecule has 2 aromatic carbocycles. The van der Waals surface area contributed by atoms with Crippen LogP contribution in [0.15, 0.2) is 78.4 Å². The SMILES string of the molecule is C[C@]12C=CC(=O)C=C1[C@@H](F)C[C@H]1[C@@H]3C[C@H]4CN(Cc5ccc(OCc6ccccc6)cc5)O[C@@]4(C(=O)CO)[C@@]3(C)C[C@H](O)[C@@]12F. The van der Waals surface area contributed by atoms with E-state index in [9.17, 15) is 19.8 Å². The van der Waals surface area contributed by atoms with Crippen molar-refractivity contribution in [1.82, 2.24) is 5.06 Å². The first kappa shape index (κ1) is 30.4. The molecule has 9 atom stereocenters. The molecule has 0 amide bonds. The molecule has 2 aromatic rings. The van der Waals surface area contributed by atoms with Crippen molar-refractivity contribution < 1.29 is 38.2 Å². The molecule has 5 aliphatic rings. The molecule has 9 heteroatoms.